The smallest absolute Gasteiger partial charge is 0.244 e. The molecular weight excluding hydrogens is 292 g/mol. The van der Waals surface area contributed by atoms with Crippen LogP contribution >= 0.6 is 0 Å². The highest BCUT2D eigenvalue weighted by atomic mass is 16.2. The van der Waals surface area contributed by atoms with Crippen LogP contribution in [-0.4, -0.2) is 28.2 Å². The Bertz CT molecular complexity index is 721. The summed E-state index contributed by atoms with van der Waals surface area (Å²) >= 11 is 0. The number of hydrogen-bond acceptors (Lipinski definition) is 4. The first kappa shape index (κ1) is 16.2. The number of nitrogens with one attached hydrogen (secondary N) is 1. The van der Waals surface area contributed by atoms with Gasteiger partial charge in [0.05, 0.1) is 11.6 Å². The molecule has 0 bridgehead atoms. The summed E-state index contributed by atoms with van der Waals surface area (Å²) in [7, 11) is 0. The minimum Gasteiger partial charge on any atom is -0.329 e. The second-order valence-corrected chi connectivity index (χ2v) is 4.97. The van der Waals surface area contributed by atoms with Crippen molar-refractivity contribution in [3.05, 3.63) is 59.9 Å². The lowest BCUT2D eigenvalue weighted by Gasteiger charge is -2.20. The molecule has 0 saturated heterocycles. The molecule has 6 nitrogen and oxygen atoms in total. The van der Waals surface area contributed by atoms with Gasteiger partial charge in [0.2, 0.25) is 11.8 Å². The summed E-state index contributed by atoms with van der Waals surface area (Å²) in [6.07, 6.45) is 3.31. The van der Waals surface area contributed by atoms with Gasteiger partial charge in [0.1, 0.15) is 6.54 Å². The number of benzene rings is 1. The number of anilines is 1. The van der Waals surface area contributed by atoms with Crippen molar-refractivity contribution >= 4 is 17.5 Å². The lowest BCUT2D eigenvalue weighted by Crippen LogP contribution is -2.36. The molecule has 2 amide bonds. The van der Waals surface area contributed by atoms with Gasteiger partial charge in [-0.2, -0.15) is 5.26 Å². The average molecular weight is 308 g/mol. The minimum atomic E-state index is -0.297. The molecule has 0 aliphatic rings. The maximum Gasteiger partial charge on any atom is 0.244 e. The Balaban J connectivity index is 1.97. The first-order valence-electron chi connectivity index (χ1n) is 7.03. The van der Waals surface area contributed by atoms with Gasteiger partial charge in [0.15, 0.2) is 0 Å². The summed E-state index contributed by atoms with van der Waals surface area (Å²) < 4.78 is 0. The fraction of sp³-hybridized carbons (Fsp3) is 0.176. The van der Waals surface area contributed by atoms with Gasteiger partial charge in [-0.25, -0.2) is 0 Å². The van der Waals surface area contributed by atoms with Crippen LogP contribution in [0, 0.1) is 11.3 Å². The summed E-state index contributed by atoms with van der Waals surface area (Å²) in [6.45, 7) is 1.69. The Hall–Kier alpha value is -3.20. The van der Waals surface area contributed by atoms with E-state index in [9.17, 15) is 9.59 Å². The molecule has 1 aromatic carbocycles. The number of nitrogens with zero attached hydrogens (tertiary/aromatic N) is 3. The van der Waals surface area contributed by atoms with Gasteiger partial charge in [-0.05, 0) is 35.9 Å². The van der Waals surface area contributed by atoms with Crippen molar-refractivity contribution in [1.82, 2.24) is 9.88 Å². The number of pyridine rings is 1. The van der Waals surface area contributed by atoms with Gasteiger partial charge in [-0.15, -0.1) is 0 Å². The second-order valence-electron chi connectivity index (χ2n) is 4.97. The van der Waals surface area contributed by atoms with E-state index in [2.05, 4.69) is 10.3 Å². The molecule has 1 aromatic heterocycles. The Kier molecular flexibility index (Phi) is 5.42. The molecule has 6 heteroatoms. The Labute approximate surface area is 134 Å². The highest BCUT2D eigenvalue weighted by Crippen LogP contribution is 2.09. The first-order chi connectivity index (χ1) is 11.1. The molecule has 0 aliphatic carbocycles. The van der Waals surface area contributed by atoms with Crippen molar-refractivity contribution in [2.24, 2.45) is 0 Å². The van der Waals surface area contributed by atoms with E-state index >= 15 is 0 Å². The van der Waals surface area contributed by atoms with E-state index in [-0.39, 0.29) is 18.4 Å². The van der Waals surface area contributed by atoms with E-state index in [4.69, 9.17) is 5.26 Å². The highest BCUT2D eigenvalue weighted by molar-refractivity contribution is 5.94. The van der Waals surface area contributed by atoms with Crippen LogP contribution in [0.15, 0.2) is 48.8 Å². The molecule has 116 valence electrons. The fourth-order valence-corrected chi connectivity index (χ4v) is 1.99. The van der Waals surface area contributed by atoms with Gasteiger partial charge in [0.25, 0.3) is 0 Å². The zero-order valence-electron chi connectivity index (χ0n) is 12.7. The number of nitriles is 1. The van der Waals surface area contributed by atoms with Gasteiger partial charge in [-0.3, -0.25) is 14.6 Å². The van der Waals surface area contributed by atoms with E-state index in [0.29, 0.717) is 17.8 Å². The summed E-state index contributed by atoms with van der Waals surface area (Å²) in [5.41, 5.74) is 1.96. The van der Waals surface area contributed by atoms with Crippen LogP contribution in [0.4, 0.5) is 5.69 Å². The second kappa shape index (κ2) is 7.71. The molecule has 0 aliphatic heterocycles. The Morgan fingerprint density at radius 2 is 2.00 bits per heavy atom. The fourth-order valence-electron chi connectivity index (χ4n) is 1.99. The highest BCUT2D eigenvalue weighted by Gasteiger charge is 2.14. The molecule has 2 aromatic rings. The Morgan fingerprint density at radius 3 is 2.57 bits per heavy atom. The lowest BCUT2D eigenvalue weighted by molar-refractivity contribution is -0.133. The summed E-state index contributed by atoms with van der Waals surface area (Å²) in [6, 6.07) is 12.2. The molecule has 0 radical (unpaired) electrons. The standard InChI is InChI=1S/C17H16N4O2/c1-13(22)21(11-15-3-2-8-19-10-15)12-17(23)20-16-6-4-14(9-18)5-7-16/h2-8,10H,11-12H2,1H3,(H,20,23). The molecule has 23 heavy (non-hydrogen) atoms. The quantitative estimate of drug-likeness (QED) is 0.914. The zero-order valence-corrected chi connectivity index (χ0v) is 12.7. The molecule has 1 N–H and O–H groups in total. The van der Waals surface area contributed by atoms with Crippen LogP contribution in [0.25, 0.3) is 0 Å². The maximum atomic E-state index is 12.1. The Morgan fingerprint density at radius 1 is 1.26 bits per heavy atom. The third-order valence-electron chi connectivity index (χ3n) is 3.17. The van der Waals surface area contributed by atoms with Crippen LogP contribution in [0.2, 0.25) is 0 Å². The van der Waals surface area contributed by atoms with Crippen LogP contribution in [0.1, 0.15) is 18.1 Å². The van der Waals surface area contributed by atoms with E-state index in [1.165, 1.54) is 11.8 Å². The topological polar surface area (TPSA) is 86.1 Å². The zero-order chi connectivity index (χ0) is 16.7. The number of rotatable bonds is 5. The molecule has 0 fully saturated rings. The molecule has 0 saturated carbocycles. The van der Waals surface area contributed by atoms with Crippen LogP contribution in [-0.2, 0) is 16.1 Å². The number of aromatic nitrogens is 1. The normalized spacial score (nSPS) is 9.74. The van der Waals surface area contributed by atoms with Crippen molar-refractivity contribution < 1.29 is 9.59 Å². The summed E-state index contributed by atoms with van der Waals surface area (Å²) in [5.74, 6) is -0.488. The molecule has 0 unspecified atom stereocenters. The van der Waals surface area contributed by atoms with Crippen LogP contribution in [0.3, 0.4) is 0 Å². The predicted octanol–water partition coefficient (Wildman–Crippen LogP) is 1.94. The van der Waals surface area contributed by atoms with E-state index < -0.39 is 0 Å². The average Bonchev–Trinajstić information content (AvgIpc) is 2.56. The minimum absolute atomic E-state index is 0.0514. The van der Waals surface area contributed by atoms with Crippen molar-refractivity contribution in [3.8, 4) is 6.07 Å². The maximum absolute atomic E-state index is 12.1. The van der Waals surface area contributed by atoms with Gasteiger partial charge in [0, 0.05) is 31.5 Å². The van der Waals surface area contributed by atoms with E-state index in [1.807, 2.05) is 12.1 Å². The van der Waals surface area contributed by atoms with Crippen molar-refractivity contribution in [2.75, 3.05) is 11.9 Å². The van der Waals surface area contributed by atoms with Gasteiger partial charge in [-0.1, -0.05) is 6.07 Å². The van der Waals surface area contributed by atoms with E-state index in [0.717, 1.165) is 5.56 Å². The number of carbonyl (C=O) groups is 2. The van der Waals surface area contributed by atoms with Crippen molar-refractivity contribution in [2.45, 2.75) is 13.5 Å². The SMILES string of the molecule is CC(=O)N(CC(=O)Nc1ccc(C#N)cc1)Cc1cccnc1. The van der Waals surface area contributed by atoms with Crippen molar-refractivity contribution in [3.63, 3.8) is 0 Å². The number of carbonyl (C=O) groups excluding carboxylic acids is 2. The first-order valence-corrected chi connectivity index (χ1v) is 7.03. The van der Waals surface area contributed by atoms with E-state index in [1.54, 1.807) is 42.7 Å². The third kappa shape index (κ3) is 4.93. The predicted molar refractivity (Wildman–Crippen MR) is 85.1 cm³/mol. The van der Waals surface area contributed by atoms with Crippen molar-refractivity contribution in [1.29, 1.82) is 5.26 Å². The summed E-state index contributed by atoms with van der Waals surface area (Å²) in [4.78, 5) is 29.2. The monoisotopic (exact) mass is 308 g/mol. The molecule has 1 heterocycles. The van der Waals surface area contributed by atoms with Crippen LogP contribution in [0.5, 0.6) is 0 Å². The molecule has 2 rings (SSSR count). The molecular formula is C17H16N4O2. The molecule has 0 spiro atoms. The van der Waals surface area contributed by atoms with Gasteiger partial charge < -0.3 is 10.2 Å². The molecule has 0 atom stereocenters. The number of hydrogen-bond donors (Lipinski definition) is 1. The largest absolute Gasteiger partial charge is 0.329 e. The van der Waals surface area contributed by atoms with Crippen LogP contribution < -0.4 is 5.32 Å². The lowest BCUT2D eigenvalue weighted by atomic mass is 10.2. The summed E-state index contributed by atoms with van der Waals surface area (Å²) in [5, 5.41) is 11.5. The van der Waals surface area contributed by atoms with Gasteiger partial charge >= 0.3 is 0 Å². The number of amides is 2. The third-order valence-corrected chi connectivity index (χ3v) is 3.17.